The molecule has 0 bridgehead atoms. The molecule has 0 fully saturated rings. The number of hydrogen-bond acceptors (Lipinski definition) is 4. The van der Waals surface area contributed by atoms with Crippen molar-refractivity contribution in [2.75, 3.05) is 12.4 Å². The second-order valence-corrected chi connectivity index (χ2v) is 4.97. The Morgan fingerprint density at radius 3 is 2.43 bits per heavy atom. The molecule has 0 spiro atoms. The molecule has 0 saturated heterocycles. The van der Waals surface area contributed by atoms with Crippen molar-refractivity contribution in [3.8, 4) is 17.2 Å². The van der Waals surface area contributed by atoms with Gasteiger partial charge in [0.25, 0.3) is 5.91 Å². The molecule has 1 N–H and O–H groups in total. The number of hydrogen-bond donors (Lipinski definition) is 1. The van der Waals surface area contributed by atoms with Gasteiger partial charge in [0.15, 0.2) is 5.69 Å². The van der Waals surface area contributed by atoms with Crippen LogP contribution in [0.25, 0.3) is 11.5 Å². The summed E-state index contributed by atoms with van der Waals surface area (Å²) in [6.45, 7) is 1.72. The van der Waals surface area contributed by atoms with Crippen LogP contribution in [0.5, 0.6) is 5.75 Å². The maximum Gasteiger partial charge on any atom is 0.277 e. The predicted molar refractivity (Wildman–Crippen MR) is 87.6 cm³/mol. The lowest BCUT2D eigenvalue weighted by molar-refractivity contribution is 0.102. The van der Waals surface area contributed by atoms with Crippen LogP contribution in [0.3, 0.4) is 0 Å². The molecule has 5 heteroatoms. The van der Waals surface area contributed by atoms with Gasteiger partial charge in [-0.25, -0.2) is 4.98 Å². The monoisotopic (exact) mass is 308 g/mol. The molecule has 0 unspecified atom stereocenters. The number of oxazole rings is 1. The molecule has 0 aliphatic carbocycles. The van der Waals surface area contributed by atoms with Crippen LogP contribution in [0.4, 0.5) is 5.69 Å². The number of ether oxygens (including phenoxy) is 1. The van der Waals surface area contributed by atoms with Gasteiger partial charge < -0.3 is 14.5 Å². The van der Waals surface area contributed by atoms with Gasteiger partial charge in [0.2, 0.25) is 5.89 Å². The minimum atomic E-state index is -0.307. The predicted octanol–water partition coefficient (Wildman–Crippen LogP) is 3.91. The molecule has 1 heterocycles. The first-order valence-electron chi connectivity index (χ1n) is 7.15. The minimum Gasteiger partial charge on any atom is -0.497 e. The summed E-state index contributed by atoms with van der Waals surface area (Å²) in [7, 11) is 1.59. The summed E-state index contributed by atoms with van der Waals surface area (Å²) in [5.74, 6) is 1.34. The van der Waals surface area contributed by atoms with E-state index in [2.05, 4.69) is 10.3 Å². The molecule has 23 heavy (non-hydrogen) atoms. The zero-order valence-corrected chi connectivity index (χ0v) is 12.9. The van der Waals surface area contributed by atoms with Gasteiger partial charge in [-0.05, 0) is 43.3 Å². The van der Waals surface area contributed by atoms with Crippen LogP contribution >= 0.6 is 0 Å². The minimum absolute atomic E-state index is 0.277. The molecule has 0 saturated carbocycles. The van der Waals surface area contributed by atoms with Gasteiger partial charge in [-0.1, -0.05) is 18.2 Å². The van der Waals surface area contributed by atoms with Crippen LogP contribution < -0.4 is 10.1 Å². The fraction of sp³-hybridized carbons (Fsp3) is 0.111. The van der Waals surface area contributed by atoms with Crippen molar-refractivity contribution in [1.82, 2.24) is 4.98 Å². The first-order chi connectivity index (χ1) is 11.2. The number of carbonyl (C=O) groups is 1. The topological polar surface area (TPSA) is 64.4 Å². The van der Waals surface area contributed by atoms with E-state index in [0.717, 1.165) is 11.3 Å². The molecule has 5 nitrogen and oxygen atoms in total. The zero-order chi connectivity index (χ0) is 16.2. The Kier molecular flexibility index (Phi) is 4.10. The SMILES string of the molecule is COc1ccc(NC(=O)c2nc(-c3ccccc3)oc2C)cc1. The van der Waals surface area contributed by atoms with E-state index >= 15 is 0 Å². The van der Waals surface area contributed by atoms with Gasteiger partial charge in [0.05, 0.1) is 7.11 Å². The molecule has 2 aromatic carbocycles. The molecular weight excluding hydrogens is 292 g/mol. The first kappa shape index (κ1) is 14.8. The van der Waals surface area contributed by atoms with E-state index in [4.69, 9.17) is 9.15 Å². The van der Waals surface area contributed by atoms with Crippen molar-refractivity contribution in [3.05, 3.63) is 66.1 Å². The molecule has 0 atom stereocenters. The van der Waals surface area contributed by atoms with E-state index in [1.54, 1.807) is 38.3 Å². The first-order valence-corrected chi connectivity index (χ1v) is 7.15. The second kappa shape index (κ2) is 6.36. The fourth-order valence-electron chi connectivity index (χ4n) is 2.18. The van der Waals surface area contributed by atoms with Gasteiger partial charge in [0.1, 0.15) is 11.5 Å². The summed E-state index contributed by atoms with van der Waals surface area (Å²) in [6, 6.07) is 16.6. The molecule has 116 valence electrons. The highest BCUT2D eigenvalue weighted by Gasteiger charge is 2.18. The number of aromatic nitrogens is 1. The molecule has 3 aromatic rings. The van der Waals surface area contributed by atoms with E-state index in [1.807, 2.05) is 30.3 Å². The lowest BCUT2D eigenvalue weighted by Crippen LogP contribution is -2.13. The van der Waals surface area contributed by atoms with Gasteiger partial charge in [-0.2, -0.15) is 0 Å². The Bertz CT molecular complexity index is 808. The number of aryl methyl sites for hydroxylation is 1. The number of rotatable bonds is 4. The smallest absolute Gasteiger partial charge is 0.277 e. The maximum absolute atomic E-state index is 12.4. The third kappa shape index (κ3) is 3.23. The summed E-state index contributed by atoms with van der Waals surface area (Å²) in [5, 5.41) is 2.80. The quantitative estimate of drug-likeness (QED) is 0.793. The fourth-order valence-corrected chi connectivity index (χ4v) is 2.18. The third-order valence-electron chi connectivity index (χ3n) is 3.38. The van der Waals surface area contributed by atoms with Gasteiger partial charge >= 0.3 is 0 Å². The van der Waals surface area contributed by atoms with Crippen LogP contribution in [0.15, 0.2) is 59.0 Å². The molecule has 0 aliphatic heterocycles. The maximum atomic E-state index is 12.4. The van der Waals surface area contributed by atoms with Crippen molar-refractivity contribution < 1.29 is 13.9 Å². The van der Waals surface area contributed by atoms with Gasteiger partial charge in [0, 0.05) is 11.3 Å². The van der Waals surface area contributed by atoms with E-state index in [9.17, 15) is 4.79 Å². The van der Waals surface area contributed by atoms with Crippen molar-refractivity contribution in [3.63, 3.8) is 0 Å². The van der Waals surface area contributed by atoms with Crippen LogP contribution in [0.1, 0.15) is 16.2 Å². The van der Waals surface area contributed by atoms with Crippen LogP contribution in [0, 0.1) is 6.92 Å². The number of methoxy groups -OCH3 is 1. The number of anilines is 1. The van der Waals surface area contributed by atoms with Crippen molar-refractivity contribution in [2.24, 2.45) is 0 Å². The highest BCUT2D eigenvalue weighted by atomic mass is 16.5. The third-order valence-corrected chi connectivity index (χ3v) is 3.38. The Morgan fingerprint density at radius 2 is 1.78 bits per heavy atom. The largest absolute Gasteiger partial charge is 0.497 e. The normalized spacial score (nSPS) is 10.3. The second-order valence-electron chi connectivity index (χ2n) is 4.97. The van der Waals surface area contributed by atoms with E-state index in [-0.39, 0.29) is 11.6 Å². The van der Waals surface area contributed by atoms with Crippen LogP contribution in [-0.4, -0.2) is 18.0 Å². The number of nitrogens with one attached hydrogen (secondary N) is 1. The average molecular weight is 308 g/mol. The lowest BCUT2D eigenvalue weighted by Gasteiger charge is -2.04. The summed E-state index contributed by atoms with van der Waals surface area (Å²) in [5.41, 5.74) is 1.78. The number of benzene rings is 2. The Labute approximate surface area is 133 Å². The summed E-state index contributed by atoms with van der Waals surface area (Å²) < 4.78 is 10.7. The highest BCUT2D eigenvalue weighted by molar-refractivity contribution is 6.03. The standard InChI is InChI=1S/C18H16N2O3/c1-12-16(20-18(23-12)13-6-4-3-5-7-13)17(21)19-14-8-10-15(22-2)11-9-14/h3-11H,1-2H3,(H,19,21). The number of amides is 1. The highest BCUT2D eigenvalue weighted by Crippen LogP contribution is 2.22. The van der Waals surface area contributed by atoms with Crippen LogP contribution in [0.2, 0.25) is 0 Å². The van der Waals surface area contributed by atoms with Crippen molar-refractivity contribution >= 4 is 11.6 Å². The Morgan fingerprint density at radius 1 is 1.09 bits per heavy atom. The zero-order valence-electron chi connectivity index (χ0n) is 12.9. The van der Waals surface area contributed by atoms with Crippen LogP contribution in [-0.2, 0) is 0 Å². The molecular formula is C18H16N2O3. The Balaban J connectivity index is 1.81. The summed E-state index contributed by atoms with van der Waals surface area (Å²) >= 11 is 0. The molecule has 1 aromatic heterocycles. The number of nitrogens with zero attached hydrogens (tertiary/aromatic N) is 1. The van der Waals surface area contributed by atoms with Gasteiger partial charge in [-0.3, -0.25) is 4.79 Å². The van der Waals surface area contributed by atoms with E-state index in [1.165, 1.54) is 0 Å². The molecule has 0 aliphatic rings. The van der Waals surface area contributed by atoms with E-state index in [0.29, 0.717) is 17.3 Å². The lowest BCUT2D eigenvalue weighted by atomic mass is 10.2. The molecule has 0 radical (unpaired) electrons. The average Bonchev–Trinajstić information content (AvgIpc) is 2.98. The summed E-state index contributed by atoms with van der Waals surface area (Å²) in [6.07, 6.45) is 0. The van der Waals surface area contributed by atoms with Crippen molar-refractivity contribution in [1.29, 1.82) is 0 Å². The Hall–Kier alpha value is -3.08. The number of carbonyl (C=O) groups excluding carboxylic acids is 1. The molecule has 1 amide bonds. The molecule has 3 rings (SSSR count). The summed E-state index contributed by atoms with van der Waals surface area (Å²) in [4.78, 5) is 16.7. The van der Waals surface area contributed by atoms with Crippen molar-refractivity contribution in [2.45, 2.75) is 6.92 Å². The van der Waals surface area contributed by atoms with E-state index < -0.39 is 0 Å². The van der Waals surface area contributed by atoms with Gasteiger partial charge in [-0.15, -0.1) is 0 Å².